The lowest BCUT2D eigenvalue weighted by Gasteiger charge is -2.08. The summed E-state index contributed by atoms with van der Waals surface area (Å²) in [5.41, 5.74) is 1.85. The number of rotatable bonds is 6. The number of benzene rings is 1. The number of hydrogen-bond donors (Lipinski definition) is 1. The fourth-order valence-corrected chi connectivity index (χ4v) is 1.89. The van der Waals surface area contributed by atoms with Crippen molar-refractivity contribution in [2.24, 2.45) is 5.92 Å². The molecule has 0 bridgehead atoms. The molecule has 1 aromatic carbocycles. The second-order valence-corrected chi connectivity index (χ2v) is 4.94. The van der Waals surface area contributed by atoms with Crippen LogP contribution in [0.4, 0.5) is 4.39 Å². The van der Waals surface area contributed by atoms with Crippen molar-refractivity contribution in [1.82, 2.24) is 5.32 Å². The summed E-state index contributed by atoms with van der Waals surface area (Å²) < 4.78 is 12.7. The molecule has 104 valence electrons. The molecule has 1 aromatic rings. The van der Waals surface area contributed by atoms with E-state index in [0.29, 0.717) is 18.0 Å². The van der Waals surface area contributed by atoms with Crippen molar-refractivity contribution in [2.45, 2.75) is 33.6 Å². The third-order valence-corrected chi connectivity index (χ3v) is 2.86. The molecular weight excluding hydrogens is 241 g/mol. The quantitative estimate of drug-likeness (QED) is 0.774. The molecule has 0 radical (unpaired) electrons. The van der Waals surface area contributed by atoms with Crippen LogP contribution in [0, 0.1) is 11.7 Å². The van der Waals surface area contributed by atoms with Crippen molar-refractivity contribution in [3.8, 4) is 0 Å². The van der Waals surface area contributed by atoms with Crippen LogP contribution in [0.5, 0.6) is 0 Å². The van der Waals surface area contributed by atoms with Gasteiger partial charge in [-0.25, -0.2) is 4.39 Å². The first-order chi connectivity index (χ1) is 9.02. The summed E-state index contributed by atoms with van der Waals surface area (Å²) in [4.78, 5) is 11.8. The molecule has 0 spiro atoms. The van der Waals surface area contributed by atoms with E-state index in [0.717, 1.165) is 12.8 Å². The Labute approximate surface area is 114 Å². The SMILES string of the molecule is CC/C(=C\C(C)C)CCNC(=O)c1ccc(F)cc1. The zero-order valence-corrected chi connectivity index (χ0v) is 11.9. The summed E-state index contributed by atoms with van der Waals surface area (Å²) in [6.07, 6.45) is 4.11. The summed E-state index contributed by atoms with van der Waals surface area (Å²) in [5.74, 6) is 0.0486. The van der Waals surface area contributed by atoms with Crippen molar-refractivity contribution < 1.29 is 9.18 Å². The van der Waals surface area contributed by atoms with Crippen LogP contribution in [0.3, 0.4) is 0 Å². The summed E-state index contributed by atoms with van der Waals surface area (Å²) >= 11 is 0. The highest BCUT2D eigenvalue weighted by Crippen LogP contribution is 2.10. The summed E-state index contributed by atoms with van der Waals surface area (Å²) in [5, 5.41) is 2.85. The van der Waals surface area contributed by atoms with E-state index in [1.54, 1.807) is 0 Å². The zero-order chi connectivity index (χ0) is 14.3. The number of nitrogens with one attached hydrogen (secondary N) is 1. The van der Waals surface area contributed by atoms with E-state index in [2.05, 4.69) is 32.2 Å². The highest BCUT2D eigenvalue weighted by atomic mass is 19.1. The number of halogens is 1. The molecule has 0 aliphatic rings. The van der Waals surface area contributed by atoms with Gasteiger partial charge in [0.2, 0.25) is 0 Å². The van der Waals surface area contributed by atoms with Crippen molar-refractivity contribution in [3.63, 3.8) is 0 Å². The minimum absolute atomic E-state index is 0.153. The van der Waals surface area contributed by atoms with Gasteiger partial charge in [0.05, 0.1) is 0 Å². The third-order valence-electron chi connectivity index (χ3n) is 2.86. The number of amides is 1. The molecule has 1 rings (SSSR count). The molecule has 19 heavy (non-hydrogen) atoms. The predicted molar refractivity (Wildman–Crippen MR) is 76.6 cm³/mol. The smallest absolute Gasteiger partial charge is 0.251 e. The van der Waals surface area contributed by atoms with Crippen LogP contribution in [-0.2, 0) is 0 Å². The second-order valence-electron chi connectivity index (χ2n) is 4.94. The maximum Gasteiger partial charge on any atom is 0.251 e. The maximum absolute atomic E-state index is 12.7. The molecule has 0 saturated heterocycles. The lowest BCUT2D eigenvalue weighted by atomic mass is 10.0. The number of allylic oxidation sites excluding steroid dienone is 1. The van der Waals surface area contributed by atoms with Gasteiger partial charge in [-0.3, -0.25) is 4.79 Å². The fraction of sp³-hybridized carbons (Fsp3) is 0.438. The summed E-state index contributed by atoms with van der Waals surface area (Å²) in [7, 11) is 0. The van der Waals surface area contributed by atoms with Crippen LogP contribution in [0.15, 0.2) is 35.9 Å². The zero-order valence-electron chi connectivity index (χ0n) is 11.9. The fourth-order valence-electron chi connectivity index (χ4n) is 1.89. The van der Waals surface area contributed by atoms with Crippen LogP contribution in [0.1, 0.15) is 44.0 Å². The first-order valence-corrected chi connectivity index (χ1v) is 6.76. The minimum Gasteiger partial charge on any atom is -0.352 e. The molecule has 0 unspecified atom stereocenters. The van der Waals surface area contributed by atoms with E-state index in [4.69, 9.17) is 0 Å². The van der Waals surface area contributed by atoms with Gasteiger partial charge in [0.25, 0.3) is 5.91 Å². The lowest BCUT2D eigenvalue weighted by Crippen LogP contribution is -2.24. The highest BCUT2D eigenvalue weighted by Gasteiger charge is 2.05. The lowest BCUT2D eigenvalue weighted by molar-refractivity contribution is 0.0954. The van der Waals surface area contributed by atoms with Crippen LogP contribution in [-0.4, -0.2) is 12.5 Å². The van der Waals surface area contributed by atoms with E-state index < -0.39 is 0 Å². The van der Waals surface area contributed by atoms with Crippen molar-refractivity contribution in [2.75, 3.05) is 6.54 Å². The van der Waals surface area contributed by atoms with Gasteiger partial charge >= 0.3 is 0 Å². The molecule has 1 amide bonds. The van der Waals surface area contributed by atoms with Crippen LogP contribution < -0.4 is 5.32 Å². The number of carbonyl (C=O) groups is 1. The molecule has 2 nitrogen and oxygen atoms in total. The molecule has 0 aliphatic carbocycles. The minimum atomic E-state index is -0.329. The molecule has 0 aromatic heterocycles. The van der Waals surface area contributed by atoms with Gasteiger partial charge in [0.15, 0.2) is 0 Å². The van der Waals surface area contributed by atoms with Crippen LogP contribution in [0.2, 0.25) is 0 Å². The van der Waals surface area contributed by atoms with Crippen molar-refractivity contribution >= 4 is 5.91 Å². The molecule has 3 heteroatoms. The third kappa shape index (κ3) is 5.69. The number of hydrogen-bond acceptors (Lipinski definition) is 1. The van der Waals surface area contributed by atoms with Crippen LogP contribution >= 0.6 is 0 Å². The maximum atomic E-state index is 12.7. The van der Waals surface area contributed by atoms with Crippen molar-refractivity contribution in [3.05, 3.63) is 47.3 Å². The molecule has 0 atom stereocenters. The Morgan fingerprint density at radius 2 is 1.95 bits per heavy atom. The van der Waals surface area contributed by atoms with E-state index >= 15 is 0 Å². The van der Waals surface area contributed by atoms with E-state index in [1.807, 2.05) is 0 Å². The predicted octanol–water partition coefficient (Wildman–Crippen LogP) is 3.94. The van der Waals surface area contributed by atoms with Gasteiger partial charge in [-0.05, 0) is 43.0 Å². The molecule has 1 N–H and O–H groups in total. The van der Waals surface area contributed by atoms with E-state index in [1.165, 1.54) is 29.8 Å². The van der Waals surface area contributed by atoms with E-state index in [-0.39, 0.29) is 11.7 Å². The second kappa shape index (κ2) is 7.72. The Morgan fingerprint density at radius 1 is 1.32 bits per heavy atom. The average molecular weight is 263 g/mol. The van der Waals surface area contributed by atoms with Crippen molar-refractivity contribution in [1.29, 1.82) is 0 Å². The Bertz CT molecular complexity index is 435. The Morgan fingerprint density at radius 3 is 2.47 bits per heavy atom. The first-order valence-electron chi connectivity index (χ1n) is 6.76. The van der Waals surface area contributed by atoms with Gasteiger partial charge in [0, 0.05) is 12.1 Å². The molecular formula is C16H22FNO. The van der Waals surface area contributed by atoms with Gasteiger partial charge in [-0.15, -0.1) is 0 Å². The summed E-state index contributed by atoms with van der Waals surface area (Å²) in [6.45, 7) is 7.03. The Balaban J connectivity index is 2.44. The highest BCUT2D eigenvalue weighted by molar-refractivity contribution is 5.94. The number of carbonyl (C=O) groups excluding carboxylic acids is 1. The van der Waals surface area contributed by atoms with Crippen LogP contribution in [0.25, 0.3) is 0 Å². The first kappa shape index (κ1) is 15.4. The van der Waals surface area contributed by atoms with Gasteiger partial charge in [0.1, 0.15) is 5.82 Å². The molecule has 0 saturated carbocycles. The van der Waals surface area contributed by atoms with Gasteiger partial charge in [-0.2, -0.15) is 0 Å². The molecule has 0 aliphatic heterocycles. The molecule has 0 heterocycles. The van der Waals surface area contributed by atoms with Gasteiger partial charge in [-0.1, -0.05) is 32.4 Å². The largest absolute Gasteiger partial charge is 0.352 e. The topological polar surface area (TPSA) is 29.1 Å². The summed E-state index contributed by atoms with van der Waals surface area (Å²) in [6, 6.07) is 5.58. The molecule has 0 fully saturated rings. The Hall–Kier alpha value is -1.64. The normalized spacial score (nSPS) is 11.7. The monoisotopic (exact) mass is 263 g/mol. The Kier molecular flexibility index (Phi) is 6.26. The average Bonchev–Trinajstić information content (AvgIpc) is 2.37. The van der Waals surface area contributed by atoms with E-state index in [9.17, 15) is 9.18 Å². The standard InChI is InChI=1S/C16H22FNO/c1-4-13(11-12(2)3)9-10-18-16(19)14-5-7-15(17)8-6-14/h5-8,11-12H,4,9-10H2,1-3H3,(H,18,19)/b13-11+. The van der Waals surface area contributed by atoms with Gasteiger partial charge < -0.3 is 5.32 Å².